The molecule has 0 aliphatic carbocycles. The molecule has 1 aliphatic rings. The number of rotatable bonds is 3. The molecule has 2 rings (SSSR count). The summed E-state index contributed by atoms with van der Waals surface area (Å²) in [7, 11) is -1.40. The minimum atomic E-state index is -3.01. The molecule has 1 unspecified atom stereocenters. The molecule has 7 heteroatoms. The summed E-state index contributed by atoms with van der Waals surface area (Å²) in [5, 5.41) is 0. The molecule has 2 heterocycles. The summed E-state index contributed by atoms with van der Waals surface area (Å²) in [6.45, 7) is 1.45. The van der Waals surface area contributed by atoms with Crippen LogP contribution in [0, 0.1) is 0 Å². The fourth-order valence-corrected chi connectivity index (χ4v) is 4.72. The predicted molar refractivity (Wildman–Crippen MR) is 73.5 cm³/mol. The second-order valence-corrected chi connectivity index (χ2v) is 8.01. The smallest absolute Gasteiger partial charge is 0.263 e. The van der Waals surface area contributed by atoms with E-state index in [0.29, 0.717) is 16.2 Å². The molecule has 1 aromatic heterocycles. The molecule has 19 heavy (non-hydrogen) atoms. The van der Waals surface area contributed by atoms with Crippen LogP contribution in [0.3, 0.4) is 0 Å². The van der Waals surface area contributed by atoms with E-state index in [9.17, 15) is 18.0 Å². The highest BCUT2D eigenvalue weighted by Gasteiger charge is 2.33. The lowest BCUT2D eigenvalue weighted by Gasteiger charge is -2.22. The van der Waals surface area contributed by atoms with Crippen LogP contribution in [0.5, 0.6) is 0 Å². The SMILES string of the molecule is CC(=O)c1ccc(C(=O)N(C)C2CCS(=O)(=O)C2)s1. The van der Waals surface area contributed by atoms with Crippen molar-refractivity contribution in [2.45, 2.75) is 19.4 Å². The van der Waals surface area contributed by atoms with E-state index >= 15 is 0 Å². The van der Waals surface area contributed by atoms with Gasteiger partial charge >= 0.3 is 0 Å². The molecule has 1 fully saturated rings. The minimum absolute atomic E-state index is 0.0280. The fraction of sp³-hybridized carbons (Fsp3) is 0.500. The molecule has 1 amide bonds. The zero-order valence-corrected chi connectivity index (χ0v) is 12.4. The normalized spacial score (nSPS) is 21.3. The quantitative estimate of drug-likeness (QED) is 0.787. The third-order valence-corrected chi connectivity index (χ3v) is 6.16. The zero-order chi connectivity index (χ0) is 14.2. The van der Waals surface area contributed by atoms with E-state index in [0.717, 1.165) is 11.3 Å². The van der Waals surface area contributed by atoms with Gasteiger partial charge in [-0.15, -0.1) is 11.3 Å². The van der Waals surface area contributed by atoms with Crippen molar-refractivity contribution in [2.75, 3.05) is 18.6 Å². The summed E-state index contributed by atoms with van der Waals surface area (Å²) in [6.07, 6.45) is 0.482. The number of sulfone groups is 1. The number of Topliss-reactive ketones (excluding diaryl/α,β-unsaturated/α-hetero) is 1. The van der Waals surface area contributed by atoms with Gasteiger partial charge in [0.15, 0.2) is 15.6 Å². The monoisotopic (exact) mass is 301 g/mol. The number of amides is 1. The number of carbonyl (C=O) groups excluding carboxylic acids is 2. The fourth-order valence-electron chi connectivity index (χ4n) is 2.06. The third-order valence-electron chi connectivity index (χ3n) is 3.24. The molecule has 0 N–H and O–H groups in total. The Labute approximate surface area is 116 Å². The molecule has 1 aromatic rings. The van der Waals surface area contributed by atoms with Crippen LogP contribution in [0.4, 0.5) is 0 Å². The highest BCUT2D eigenvalue weighted by molar-refractivity contribution is 7.91. The molecule has 0 bridgehead atoms. The van der Waals surface area contributed by atoms with Gasteiger partial charge in [0.2, 0.25) is 0 Å². The molecular formula is C12H15NO4S2. The first-order valence-electron chi connectivity index (χ1n) is 5.88. The Morgan fingerprint density at radius 3 is 2.42 bits per heavy atom. The topological polar surface area (TPSA) is 71.5 Å². The highest BCUT2D eigenvalue weighted by Crippen LogP contribution is 2.22. The van der Waals surface area contributed by atoms with Gasteiger partial charge in [-0.05, 0) is 25.5 Å². The summed E-state index contributed by atoms with van der Waals surface area (Å²) >= 11 is 1.15. The van der Waals surface area contributed by atoms with Crippen molar-refractivity contribution in [3.8, 4) is 0 Å². The van der Waals surface area contributed by atoms with E-state index in [1.165, 1.54) is 11.8 Å². The number of ketones is 1. The van der Waals surface area contributed by atoms with Gasteiger partial charge in [0.1, 0.15) is 0 Å². The Balaban J connectivity index is 2.13. The molecule has 1 saturated heterocycles. The van der Waals surface area contributed by atoms with Gasteiger partial charge < -0.3 is 4.90 Å². The first-order valence-corrected chi connectivity index (χ1v) is 8.52. The third kappa shape index (κ3) is 3.03. The molecular weight excluding hydrogens is 286 g/mol. The minimum Gasteiger partial charge on any atom is -0.337 e. The second kappa shape index (κ2) is 5.05. The highest BCUT2D eigenvalue weighted by atomic mass is 32.2. The first kappa shape index (κ1) is 14.2. The Morgan fingerprint density at radius 1 is 1.32 bits per heavy atom. The van der Waals surface area contributed by atoms with Gasteiger partial charge in [0.05, 0.1) is 21.3 Å². The Morgan fingerprint density at radius 2 is 1.95 bits per heavy atom. The van der Waals surface area contributed by atoms with Gasteiger partial charge in [-0.3, -0.25) is 9.59 Å². The maximum atomic E-state index is 12.2. The van der Waals surface area contributed by atoms with Crippen molar-refractivity contribution in [1.29, 1.82) is 0 Å². The van der Waals surface area contributed by atoms with Crippen LogP contribution in [-0.4, -0.2) is 49.6 Å². The lowest BCUT2D eigenvalue weighted by molar-refractivity contribution is 0.0752. The van der Waals surface area contributed by atoms with E-state index in [1.807, 2.05) is 0 Å². The van der Waals surface area contributed by atoms with Gasteiger partial charge in [-0.25, -0.2) is 8.42 Å². The van der Waals surface area contributed by atoms with Crippen LogP contribution in [0.2, 0.25) is 0 Å². The number of hydrogen-bond acceptors (Lipinski definition) is 5. The van der Waals surface area contributed by atoms with Gasteiger partial charge in [0, 0.05) is 13.1 Å². The average molecular weight is 301 g/mol. The molecule has 104 valence electrons. The molecule has 5 nitrogen and oxygen atoms in total. The first-order chi connectivity index (χ1) is 8.80. The lowest BCUT2D eigenvalue weighted by Crippen LogP contribution is -2.37. The van der Waals surface area contributed by atoms with Crippen molar-refractivity contribution < 1.29 is 18.0 Å². The van der Waals surface area contributed by atoms with E-state index in [-0.39, 0.29) is 29.2 Å². The number of carbonyl (C=O) groups is 2. The maximum Gasteiger partial charge on any atom is 0.263 e. The zero-order valence-electron chi connectivity index (χ0n) is 10.8. The van der Waals surface area contributed by atoms with Gasteiger partial charge in [-0.2, -0.15) is 0 Å². The van der Waals surface area contributed by atoms with Gasteiger partial charge in [-0.1, -0.05) is 0 Å². The molecule has 0 radical (unpaired) electrons. The number of hydrogen-bond donors (Lipinski definition) is 0. The Bertz CT molecular complexity index is 617. The lowest BCUT2D eigenvalue weighted by atomic mass is 10.2. The maximum absolute atomic E-state index is 12.2. The Hall–Kier alpha value is -1.21. The van der Waals surface area contributed by atoms with Crippen LogP contribution >= 0.6 is 11.3 Å². The molecule has 1 atom stereocenters. The standard InChI is InChI=1S/C12H15NO4S2/c1-8(14)10-3-4-11(18-10)12(15)13(2)9-5-6-19(16,17)7-9/h3-4,9H,5-7H2,1-2H3. The largest absolute Gasteiger partial charge is 0.337 e. The molecule has 0 aromatic carbocycles. The van der Waals surface area contributed by atoms with Crippen molar-refractivity contribution in [3.63, 3.8) is 0 Å². The van der Waals surface area contributed by atoms with E-state index in [2.05, 4.69) is 0 Å². The molecule has 0 spiro atoms. The van der Waals surface area contributed by atoms with E-state index in [1.54, 1.807) is 19.2 Å². The summed E-state index contributed by atoms with van der Waals surface area (Å²) in [4.78, 5) is 25.9. The molecule has 0 saturated carbocycles. The van der Waals surface area contributed by atoms with Crippen LogP contribution < -0.4 is 0 Å². The summed E-state index contributed by atoms with van der Waals surface area (Å²) in [5.74, 6) is -0.131. The molecule has 1 aliphatic heterocycles. The predicted octanol–water partition coefficient (Wildman–Crippen LogP) is 1.21. The summed E-state index contributed by atoms with van der Waals surface area (Å²) in [6, 6.07) is 2.98. The van der Waals surface area contributed by atoms with Gasteiger partial charge in [0.25, 0.3) is 5.91 Å². The van der Waals surface area contributed by atoms with Crippen molar-refractivity contribution in [1.82, 2.24) is 4.90 Å². The van der Waals surface area contributed by atoms with Crippen LogP contribution in [-0.2, 0) is 9.84 Å². The number of thiophene rings is 1. The van der Waals surface area contributed by atoms with Crippen LogP contribution in [0.1, 0.15) is 32.7 Å². The van der Waals surface area contributed by atoms with Crippen molar-refractivity contribution in [2.24, 2.45) is 0 Å². The van der Waals surface area contributed by atoms with E-state index < -0.39 is 9.84 Å². The van der Waals surface area contributed by atoms with Crippen LogP contribution in [0.15, 0.2) is 12.1 Å². The van der Waals surface area contributed by atoms with Crippen molar-refractivity contribution >= 4 is 32.9 Å². The second-order valence-electron chi connectivity index (χ2n) is 4.69. The van der Waals surface area contributed by atoms with E-state index in [4.69, 9.17) is 0 Å². The summed E-state index contributed by atoms with van der Waals surface area (Å²) < 4.78 is 22.8. The summed E-state index contributed by atoms with van der Waals surface area (Å²) in [5.41, 5.74) is 0. The van der Waals surface area contributed by atoms with Crippen LogP contribution in [0.25, 0.3) is 0 Å². The Kier molecular flexibility index (Phi) is 3.78. The number of nitrogens with zero attached hydrogens (tertiary/aromatic N) is 1. The van der Waals surface area contributed by atoms with Crippen molar-refractivity contribution in [3.05, 3.63) is 21.9 Å². The average Bonchev–Trinajstić information content (AvgIpc) is 2.93.